The van der Waals surface area contributed by atoms with Crippen LogP contribution >= 0.6 is 0 Å². The molecule has 146 valence electrons. The number of amides is 2. The Hall–Kier alpha value is -2.83. The molecule has 2 aromatic rings. The lowest BCUT2D eigenvalue weighted by molar-refractivity contribution is -0.137. The highest BCUT2D eigenvalue weighted by atomic mass is 16.4. The molecule has 0 spiro atoms. The molecule has 1 aromatic heterocycles. The standard InChI is InChI=1S/C20H28N4O3/c1-4-5-12-24-13-11-21-18(24)15-7-6-8-16(14-15)22-19(27)23-20(2,3)10-9-17(25)26/h6-8,11,13-14H,4-5,9-10,12H2,1-3H3,(H,25,26)(H2,22,23,27). The molecule has 27 heavy (non-hydrogen) atoms. The average molecular weight is 372 g/mol. The van der Waals surface area contributed by atoms with E-state index in [9.17, 15) is 9.59 Å². The van der Waals surface area contributed by atoms with Crippen LogP contribution in [0.5, 0.6) is 0 Å². The number of carboxylic acids is 1. The van der Waals surface area contributed by atoms with Crippen molar-refractivity contribution in [1.29, 1.82) is 0 Å². The Kier molecular flexibility index (Phi) is 6.98. The average Bonchev–Trinajstić information content (AvgIpc) is 3.06. The highest BCUT2D eigenvalue weighted by Crippen LogP contribution is 2.22. The zero-order chi connectivity index (χ0) is 19.9. The first-order valence-corrected chi connectivity index (χ1v) is 9.23. The Labute approximate surface area is 159 Å². The summed E-state index contributed by atoms with van der Waals surface area (Å²) in [7, 11) is 0. The first-order valence-electron chi connectivity index (χ1n) is 9.23. The maximum Gasteiger partial charge on any atom is 0.319 e. The van der Waals surface area contributed by atoms with Crippen LogP contribution in [0, 0.1) is 0 Å². The minimum atomic E-state index is -0.878. The van der Waals surface area contributed by atoms with Crippen LogP contribution in [0.2, 0.25) is 0 Å². The van der Waals surface area contributed by atoms with Crippen molar-refractivity contribution in [1.82, 2.24) is 14.9 Å². The maximum absolute atomic E-state index is 12.3. The molecule has 0 aliphatic carbocycles. The molecule has 7 heteroatoms. The number of aromatic nitrogens is 2. The monoisotopic (exact) mass is 372 g/mol. The van der Waals surface area contributed by atoms with Crippen molar-refractivity contribution in [2.45, 2.75) is 58.5 Å². The number of carbonyl (C=O) groups excluding carboxylic acids is 1. The molecule has 0 aliphatic rings. The number of hydrogen-bond acceptors (Lipinski definition) is 3. The third kappa shape index (κ3) is 6.44. The summed E-state index contributed by atoms with van der Waals surface area (Å²) in [6.45, 7) is 6.66. The Bertz CT molecular complexity index is 783. The molecule has 0 atom stereocenters. The summed E-state index contributed by atoms with van der Waals surface area (Å²) in [6.07, 6.45) is 6.28. The van der Waals surface area contributed by atoms with Crippen LogP contribution < -0.4 is 10.6 Å². The summed E-state index contributed by atoms with van der Waals surface area (Å²) in [5.74, 6) is -0.00847. The fourth-order valence-electron chi connectivity index (χ4n) is 2.77. The summed E-state index contributed by atoms with van der Waals surface area (Å²) in [5, 5.41) is 14.4. The largest absolute Gasteiger partial charge is 0.481 e. The van der Waals surface area contributed by atoms with Gasteiger partial charge in [0, 0.05) is 42.1 Å². The number of nitrogens with zero attached hydrogens (tertiary/aromatic N) is 2. The lowest BCUT2D eigenvalue weighted by Gasteiger charge is -2.25. The Morgan fingerprint density at radius 1 is 1.30 bits per heavy atom. The van der Waals surface area contributed by atoms with Crippen molar-refractivity contribution < 1.29 is 14.7 Å². The lowest BCUT2D eigenvalue weighted by Crippen LogP contribution is -2.45. The van der Waals surface area contributed by atoms with Gasteiger partial charge in [0.2, 0.25) is 0 Å². The molecule has 0 bridgehead atoms. The first kappa shape index (κ1) is 20.5. The third-order valence-electron chi connectivity index (χ3n) is 4.26. The molecule has 7 nitrogen and oxygen atoms in total. The van der Waals surface area contributed by atoms with Gasteiger partial charge in [-0.2, -0.15) is 0 Å². The number of benzene rings is 1. The van der Waals surface area contributed by atoms with Gasteiger partial charge in [0.25, 0.3) is 0 Å². The van der Waals surface area contributed by atoms with Gasteiger partial charge in [0.1, 0.15) is 5.82 Å². The summed E-state index contributed by atoms with van der Waals surface area (Å²) < 4.78 is 2.11. The first-order chi connectivity index (χ1) is 12.8. The number of carbonyl (C=O) groups is 2. The molecule has 0 saturated heterocycles. The van der Waals surface area contributed by atoms with Crippen molar-refractivity contribution in [3.05, 3.63) is 36.7 Å². The molecule has 3 N–H and O–H groups in total. The molecular weight excluding hydrogens is 344 g/mol. The zero-order valence-electron chi connectivity index (χ0n) is 16.2. The molecule has 2 amide bonds. The Balaban J connectivity index is 2.04. The van der Waals surface area contributed by atoms with E-state index in [0.29, 0.717) is 12.1 Å². The van der Waals surface area contributed by atoms with Gasteiger partial charge in [0.05, 0.1) is 0 Å². The van der Waals surface area contributed by atoms with E-state index in [1.54, 1.807) is 20.0 Å². The SMILES string of the molecule is CCCCn1ccnc1-c1cccc(NC(=O)NC(C)(C)CCC(=O)O)c1. The van der Waals surface area contributed by atoms with Crippen LogP contribution in [-0.4, -0.2) is 32.2 Å². The minimum absolute atomic E-state index is 0.00316. The van der Waals surface area contributed by atoms with Gasteiger partial charge in [-0.05, 0) is 38.8 Å². The number of anilines is 1. The van der Waals surface area contributed by atoms with Crippen molar-refractivity contribution in [2.75, 3.05) is 5.32 Å². The van der Waals surface area contributed by atoms with Gasteiger partial charge in [0.15, 0.2) is 0 Å². The quantitative estimate of drug-likeness (QED) is 0.617. The van der Waals surface area contributed by atoms with E-state index in [1.807, 2.05) is 30.5 Å². The van der Waals surface area contributed by atoms with Gasteiger partial charge in [-0.25, -0.2) is 9.78 Å². The summed E-state index contributed by atoms with van der Waals surface area (Å²) >= 11 is 0. The highest BCUT2D eigenvalue weighted by molar-refractivity contribution is 5.90. The molecule has 0 unspecified atom stereocenters. The number of urea groups is 1. The molecule has 1 aromatic carbocycles. The van der Waals surface area contributed by atoms with E-state index in [2.05, 4.69) is 27.1 Å². The van der Waals surface area contributed by atoms with Crippen LogP contribution in [0.4, 0.5) is 10.5 Å². The van der Waals surface area contributed by atoms with Crippen LogP contribution in [0.25, 0.3) is 11.4 Å². The molecule has 1 heterocycles. The second kappa shape index (κ2) is 9.21. The summed E-state index contributed by atoms with van der Waals surface area (Å²) in [5.41, 5.74) is 0.972. The number of nitrogens with one attached hydrogen (secondary N) is 2. The molecule has 2 rings (SSSR count). The summed E-state index contributed by atoms with van der Waals surface area (Å²) in [6, 6.07) is 7.17. The smallest absolute Gasteiger partial charge is 0.319 e. The van der Waals surface area contributed by atoms with Gasteiger partial charge in [-0.3, -0.25) is 4.79 Å². The molecule has 0 saturated carbocycles. The molecule has 0 radical (unpaired) electrons. The Morgan fingerprint density at radius 3 is 2.78 bits per heavy atom. The number of aryl methyl sites for hydroxylation is 1. The lowest BCUT2D eigenvalue weighted by atomic mass is 9.99. The number of rotatable bonds is 9. The van der Waals surface area contributed by atoms with Crippen LogP contribution in [0.1, 0.15) is 46.5 Å². The van der Waals surface area contributed by atoms with E-state index in [4.69, 9.17) is 5.11 Å². The van der Waals surface area contributed by atoms with Gasteiger partial charge >= 0.3 is 12.0 Å². The highest BCUT2D eigenvalue weighted by Gasteiger charge is 2.21. The van der Waals surface area contributed by atoms with E-state index in [1.165, 1.54) is 0 Å². The van der Waals surface area contributed by atoms with Crippen molar-refractivity contribution in [3.63, 3.8) is 0 Å². The van der Waals surface area contributed by atoms with Gasteiger partial charge < -0.3 is 20.3 Å². The van der Waals surface area contributed by atoms with E-state index >= 15 is 0 Å². The fourth-order valence-corrected chi connectivity index (χ4v) is 2.77. The normalized spacial score (nSPS) is 11.2. The van der Waals surface area contributed by atoms with Crippen LogP contribution in [-0.2, 0) is 11.3 Å². The van der Waals surface area contributed by atoms with Crippen LogP contribution in [0.3, 0.4) is 0 Å². The second-order valence-electron chi connectivity index (χ2n) is 7.24. The number of carboxylic acid groups (broad SMARTS) is 1. The topological polar surface area (TPSA) is 96.3 Å². The maximum atomic E-state index is 12.3. The number of imidazole rings is 1. The predicted molar refractivity (Wildman–Crippen MR) is 106 cm³/mol. The summed E-state index contributed by atoms with van der Waals surface area (Å²) in [4.78, 5) is 27.5. The van der Waals surface area contributed by atoms with Gasteiger partial charge in [-0.1, -0.05) is 25.5 Å². The zero-order valence-corrected chi connectivity index (χ0v) is 16.2. The van der Waals surface area contributed by atoms with E-state index < -0.39 is 11.5 Å². The number of unbranched alkanes of at least 4 members (excludes halogenated alkanes) is 1. The van der Waals surface area contributed by atoms with Gasteiger partial charge in [-0.15, -0.1) is 0 Å². The molecule has 0 aliphatic heterocycles. The number of hydrogen-bond donors (Lipinski definition) is 3. The van der Waals surface area contributed by atoms with E-state index in [0.717, 1.165) is 30.8 Å². The van der Waals surface area contributed by atoms with Crippen LogP contribution in [0.15, 0.2) is 36.7 Å². The molecule has 0 fully saturated rings. The second-order valence-corrected chi connectivity index (χ2v) is 7.24. The predicted octanol–water partition coefficient (Wildman–Crippen LogP) is 4.12. The minimum Gasteiger partial charge on any atom is -0.481 e. The number of aliphatic carboxylic acids is 1. The van der Waals surface area contributed by atoms with Crippen molar-refractivity contribution >= 4 is 17.7 Å². The third-order valence-corrected chi connectivity index (χ3v) is 4.26. The van der Waals surface area contributed by atoms with E-state index in [-0.39, 0.29) is 12.5 Å². The van der Waals surface area contributed by atoms with Crippen molar-refractivity contribution in [2.24, 2.45) is 0 Å². The Morgan fingerprint density at radius 2 is 2.07 bits per heavy atom. The molecular formula is C20H28N4O3. The fraction of sp³-hybridized carbons (Fsp3) is 0.450. The van der Waals surface area contributed by atoms with Crippen molar-refractivity contribution in [3.8, 4) is 11.4 Å².